The van der Waals surface area contributed by atoms with Crippen molar-refractivity contribution in [3.8, 4) is 0 Å². The third kappa shape index (κ3) is 3.30. The van der Waals surface area contributed by atoms with Crippen molar-refractivity contribution in [1.29, 1.82) is 0 Å². The Bertz CT molecular complexity index is 580. The van der Waals surface area contributed by atoms with E-state index in [-0.39, 0.29) is 11.9 Å². The van der Waals surface area contributed by atoms with Gasteiger partial charge in [-0.1, -0.05) is 23.7 Å². The van der Waals surface area contributed by atoms with Gasteiger partial charge in [-0.25, -0.2) is 4.39 Å². The first kappa shape index (κ1) is 14.4. The van der Waals surface area contributed by atoms with Gasteiger partial charge in [0, 0.05) is 12.4 Å². The minimum Gasteiger partial charge on any atom is -0.271 e. The highest BCUT2D eigenvalue weighted by Crippen LogP contribution is 2.28. The average Bonchev–Trinajstić information content (AvgIpc) is 2.41. The highest BCUT2D eigenvalue weighted by Gasteiger charge is 2.16. The van der Waals surface area contributed by atoms with Crippen molar-refractivity contribution in [1.82, 2.24) is 10.4 Å². The second-order valence-electron chi connectivity index (χ2n) is 4.03. The molecule has 3 N–H and O–H groups in total. The van der Waals surface area contributed by atoms with Crippen LogP contribution in [0.3, 0.4) is 0 Å². The van der Waals surface area contributed by atoms with Crippen molar-refractivity contribution >= 4 is 27.5 Å². The Kier molecular flexibility index (Phi) is 4.87. The van der Waals surface area contributed by atoms with Crippen LogP contribution in [-0.4, -0.2) is 4.98 Å². The summed E-state index contributed by atoms with van der Waals surface area (Å²) in [7, 11) is 0. The molecule has 0 saturated carbocycles. The predicted molar refractivity (Wildman–Crippen MR) is 77.1 cm³/mol. The number of nitrogens with one attached hydrogen (secondary N) is 1. The highest BCUT2D eigenvalue weighted by molar-refractivity contribution is 9.10. The molecule has 100 valence electrons. The van der Waals surface area contributed by atoms with Crippen molar-refractivity contribution < 1.29 is 4.39 Å². The smallest absolute Gasteiger partial charge is 0.137 e. The first-order valence-electron chi connectivity index (χ1n) is 5.62. The van der Waals surface area contributed by atoms with Crippen LogP contribution in [0.4, 0.5) is 4.39 Å². The molecule has 0 amide bonds. The molecule has 2 aromatic rings. The van der Waals surface area contributed by atoms with Gasteiger partial charge in [0.15, 0.2) is 0 Å². The summed E-state index contributed by atoms with van der Waals surface area (Å²) in [5.41, 5.74) is 4.34. The molecular formula is C13H12BrClFN3. The van der Waals surface area contributed by atoms with Crippen LogP contribution in [0.15, 0.2) is 41.1 Å². The maximum absolute atomic E-state index is 13.5. The monoisotopic (exact) mass is 343 g/mol. The number of benzene rings is 1. The number of pyridine rings is 1. The molecule has 1 atom stereocenters. The Labute approximate surface area is 124 Å². The molecule has 1 unspecified atom stereocenters. The molecular weight excluding hydrogens is 333 g/mol. The largest absolute Gasteiger partial charge is 0.271 e. The topological polar surface area (TPSA) is 50.9 Å². The summed E-state index contributed by atoms with van der Waals surface area (Å²) in [6.07, 6.45) is 3.71. The van der Waals surface area contributed by atoms with Gasteiger partial charge in [-0.2, -0.15) is 0 Å². The average molecular weight is 345 g/mol. The van der Waals surface area contributed by atoms with E-state index in [0.717, 1.165) is 11.1 Å². The Balaban J connectivity index is 2.30. The van der Waals surface area contributed by atoms with Gasteiger partial charge in [-0.3, -0.25) is 16.3 Å². The van der Waals surface area contributed by atoms with Gasteiger partial charge in [-0.05, 0) is 45.6 Å². The van der Waals surface area contributed by atoms with Crippen molar-refractivity contribution in [2.75, 3.05) is 0 Å². The first-order valence-corrected chi connectivity index (χ1v) is 6.79. The van der Waals surface area contributed by atoms with E-state index in [1.165, 1.54) is 6.07 Å². The number of hydrazine groups is 1. The summed E-state index contributed by atoms with van der Waals surface area (Å²) in [5, 5.41) is 0.526. The Hall–Kier alpha value is -1.01. The molecule has 0 aliphatic rings. The zero-order valence-electron chi connectivity index (χ0n) is 9.91. The van der Waals surface area contributed by atoms with Crippen LogP contribution >= 0.6 is 27.5 Å². The second kappa shape index (κ2) is 6.43. The summed E-state index contributed by atoms with van der Waals surface area (Å²) in [5.74, 6) is 5.27. The summed E-state index contributed by atoms with van der Waals surface area (Å²) in [4.78, 5) is 3.93. The van der Waals surface area contributed by atoms with E-state index in [1.54, 1.807) is 24.5 Å². The molecule has 0 bridgehead atoms. The van der Waals surface area contributed by atoms with Gasteiger partial charge in [0.25, 0.3) is 0 Å². The molecule has 6 heteroatoms. The lowest BCUT2D eigenvalue weighted by atomic mass is 10.0. The van der Waals surface area contributed by atoms with E-state index in [1.807, 2.05) is 6.07 Å². The molecule has 1 aromatic carbocycles. The molecule has 0 saturated heterocycles. The van der Waals surface area contributed by atoms with Crippen molar-refractivity contribution in [3.63, 3.8) is 0 Å². The zero-order valence-corrected chi connectivity index (χ0v) is 12.2. The fraction of sp³-hybridized carbons (Fsp3) is 0.154. The van der Waals surface area contributed by atoms with Gasteiger partial charge in [-0.15, -0.1) is 0 Å². The van der Waals surface area contributed by atoms with Gasteiger partial charge in [0.05, 0.1) is 15.5 Å². The summed E-state index contributed by atoms with van der Waals surface area (Å²) in [6, 6.07) is 6.48. The van der Waals surface area contributed by atoms with Gasteiger partial charge >= 0.3 is 0 Å². The van der Waals surface area contributed by atoms with Gasteiger partial charge in [0.1, 0.15) is 5.82 Å². The third-order valence-electron chi connectivity index (χ3n) is 2.84. The van der Waals surface area contributed by atoms with Crippen LogP contribution in [0.5, 0.6) is 0 Å². The number of hydrogen-bond donors (Lipinski definition) is 2. The van der Waals surface area contributed by atoms with Crippen molar-refractivity contribution in [2.24, 2.45) is 5.84 Å². The molecule has 0 fully saturated rings. The number of halogens is 3. The van der Waals surface area contributed by atoms with E-state index < -0.39 is 0 Å². The highest BCUT2D eigenvalue weighted by atomic mass is 79.9. The number of nitrogens with two attached hydrogens (primary N) is 1. The van der Waals surface area contributed by atoms with E-state index in [2.05, 4.69) is 26.3 Å². The Morgan fingerprint density at radius 3 is 2.89 bits per heavy atom. The third-order valence-corrected chi connectivity index (χ3v) is 4.04. The predicted octanol–water partition coefficient (Wildman–Crippen LogP) is 3.38. The maximum Gasteiger partial charge on any atom is 0.137 e. The second-order valence-corrected chi connectivity index (χ2v) is 5.23. The molecule has 0 radical (unpaired) electrons. The van der Waals surface area contributed by atoms with E-state index in [9.17, 15) is 4.39 Å². The molecule has 1 heterocycles. The molecule has 19 heavy (non-hydrogen) atoms. The lowest BCUT2D eigenvalue weighted by Gasteiger charge is -2.18. The van der Waals surface area contributed by atoms with Crippen LogP contribution in [0.1, 0.15) is 17.2 Å². The van der Waals surface area contributed by atoms with E-state index in [4.69, 9.17) is 17.4 Å². The van der Waals surface area contributed by atoms with Crippen LogP contribution in [0.25, 0.3) is 0 Å². The Morgan fingerprint density at radius 2 is 2.21 bits per heavy atom. The lowest BCUT2D eigenvalue weighted by Crippen LogP contribution is -2.30. The normalized spacial score (nSPS) is 12.4. The zero-order chi connectivity index (χ0) is 13.8. The van der Waals surface area contributed by atoms with Crippen molar-refractivity contribution in [2.45, 2.75) is 12.5 Å². The maximum atomic E-state index is 13.5. The quantitative estimate of drug-likeness (QED) is 0.660. The minimum absolute atomic E-state index is 0.214. The number of nitrogens with zero attached hydrogens (tertiary/aromatic N) is 1. The van der Waals surface area contributed by atoms with E-state index in [0.29, 0.717) is 15.9 Å². The SMILES string of the molecule is NNC(Cc1cccc(F)c1Br)c1ccncc1Cl. The van der Waals surface area contributed by atoms with Crippen LogP contribution < -0.4 is 11.3 Å². The molecule has 1 aromatic heterocycles. The van der Waals surface area contributed by atoms with E-state index >= 15 is 0 Å². The van der Waals surface area contributed by atoms with Gasteiger partial charge < -0.3 is 0 Å². The summed E-state index contributed by atoms with van der Waals surface area (Å²) >= 11 is 9.33. The molecule has 3 nitrogen and oxygen atoms in total. The molecule has 2 rings (SSSR count). The lowest BCUT2D eigenvalue weighted by molar-refractivity contribution is 0.546. The van der Waals surface area contributed by atoms with Crippen LogP contribution in [0.2, 0.25) is 5.02 Å². The minimum atomic E-state index is -0.297. The van der Waals surface area contributed by atoms with Crippen LogP contribution in [0, 0.1) is 5.82 Å². The van der Waals surface area contributed by atoms with Crippen molar-refractivity contribution in [3.05, 3.63) is 63.1 Å². The first-order chi connectivity index (χ1) is 9.13. The number of hydrogen-bond acceptors (Lipinski definition) is 3. The van der Waals surface area contributed by atoms with Crippen LogP contribution in [-0.2, 0) is 6.42 Å². The Morgan fingerprint density at radius 1 is 1.42 bits per heavy atom. The summed E-state index contributed by atoms with van der Waals surface area (Å²) in [6.45, 7) is 0. The standard InChI is InChI=1S/C13H12BrClFN3/c14-13-8(2-1-3-11(13)16)6-12(19-17)9-4-5-18-7-10(9)15/h1-5,7,12,19H,6,17H2. The number of rotatable bonds is 4. The molecule has 0 aliphatic heterocycles. The summed E-state index contributed by atoms with van der Waals surface area (Å²) < 4.78 is 13.9. The molecule has 0 spiro atoms. The number of aromatic nitrogens is 1. The molecule has 0 aliphatic carbocycles. The fourth-order valence-corrected chi connectivity index (χ4v) is 2.53. The fourth-order valence-electron chi connectivity index (χ4n) is 1.85. The van der Waals surface area contributed by atoms with Gasteiger partial charge in [0.2, 0.25) is 0 Å².